The fourth-order valence-corrected chi connectivity index (χ4v) is 4.83. The highest BCUT2D eigenvalue weighted by molar-refractivity contribution is 7.22. The van der Waals surface area contributed by atoms with Crippen LogP contribution in [0, 0.1) is 18.3 Å². The maximum Gasteiger partial charge on any atom is 0.255 e. The molecule has 0 saturated heterocycles. The van der Waals surface area contributed by atoms with Gasteiger partial charge in [-0.25, -0.2) is 4.98 Å². The number of alkyl halides is 1. The molecular weight excluding hydrogens is 496 g/mol. The van der Waals surface area contributed by atoms with Crippen LogP contribution in [0.3, 0.4) is 0 Å². The third kappa shape index (κ3) is 4.89. The molecule has 1 saturated carbocycles. The van der Waals surface area contributed by atoms with Gasteiger partial charge in [-0.2, -0.15) is 5.26 Å². The number of nitrogens with zero attached hydrogens (tertiary/aromatic N) is 2. The van der Waals surface area contributed by atoms with Gasteiger partial charge in [0, 0.05) is 23.4 Å². The van der Waals surface area contributed by atoms with E-state index in [0.717, 1.165) is 34.2 Å². The summed E-state index contributed by atoms with van der Waals surface area (Å²) in [5.74, 6) is 0.462. The molecule has 9 heteroatoms. The lowest BCUT2D eigenvalue weighted by molar-refractivity contribution is -0.113. The minimum absolute atomic E-state index is 0.136. The zero-order chi connectivity index (χ0) is 25.3. The Kier molecular flexibility index (Phi) is 6.35. The molecule has 3 aromatic carbocycles. The number of fused-ring (bicyclic) bond motifs is 1. The second-order valence-electron chi connectivity index (χ2n) is 8.64. The van der Waals surface area contributed by atoms with Gasteiger partial charge in [0.05, 0.1) is 21.7 Å². The second kappa shape index (κ2) is 9.61. The third-order valence-corrected chi connectivity index (χ3v) is 7.24. The van der Waals surface area contributed by atoms with Gasteiger partial charge < -0.3 is 15.4 Å². The molecule has 7 nitrogen and oxygen atoms in total. The summed E-state index contributed by atoms with van der Waals surface area (Å²) in [5.41, 5.74) is 3.20. The molecule has 0 bridgehead atoms. The number of amides is 2. The average Bonchev–Trinajstić information content (AvgIpc) is 3.59. The quantitative estimate of drug-likeness (QED) is 0.277. The molecule has 5 rings (SSSR count). The number of hydrogen-bond donors (Lipinski definition) is 2. The van der Waals surface area contributed by atoms with E-state index in [2.05, 4.69) is 21.7 Å². The summed E-state index contributed by atoms with van der Waals surface area (Å²) in [6.07, 6.45) is 1.65. The topological polar surface area (TPSA) is 104 Å². The Morgan fingerprint density at radius 2 is 1.89 bits per heavy atom. The Bertz CT molecular complexity index is 1540. The largest absolute Gasteiger partial charge is 0.457 e. The van der Waals surface area contributed by atoms with Crippen molar-refractivity contribution in [2.24, 2.45) is 0 Å². The van der Waals surface area contributed by atoms with Crippen molar-refractivity contribution in [3.05, 3.63) is 77.4 Å². The van der Waals surface area contributed by atoms with Crippen molar-refractivity contribution in [2.75, 3.05) is 16.5 Å². The van der Waals surface area contributed by atoms with Crippen molar-refractivity contribution in [1.82, 2.24) is 4.98 Å². The number of nitrogens with one attached hydrogen (secondary N) is 2. The van der Waals surface area contributed by atoms with Crippen LogP contribution in [0.4, 0.5) is 10.8 Å². The highest BCUT2D eigenvalue weighted by Crippen LogP contribution is 2.47. The first-order valence-electron chi connectivity index (χ1n) is 11.3. The first-order chi connectivity index (χ1) is 17.4. The van der Waals surface area contributed by atoms with E-state index in [4.69, 9.17) is 16.3 Å². The summed E-state index contributed by atoms with van der Waals surface area (Å²) in [4.78, 5) is 28.9. The molecule has 1 heterocycles. The van der Waals surface area contributed by atoms with E-state index in [-0.39, 0.29) is 17.7 Å². The highest BCUT2D eigenvalue weighted by atomic mass is 35.5. The van der Waals surface area contributed by atoms with Gasteiger partial charge >= 0.3 is 0 Å². The molecule has 4 aromatic rings. The predicted molar refractivity (Wildman–Crippen MR) is 141 cm³/mol. The van der Waals surface area contributed by atoms with Crippen molar-refractivity contribution >= 4 is 55.8 Å². The van der Waals surface area contributed by atoms with E-state index in [1.165, 1.54) is 11.3 Å². The summed E-state index contributed by atoms with van der Waals surface area (Å²) in [6, 6.07) is 20.6. The molecule has 1 aliphatic rings. The van der Waals surface area contributed by atoms with Gasteiger partial charge in [-0.05, 0) is 61.2 Å². The van der Waals surface area contributed by atoms with Crippen molar-refractivity contribution in [1.29, 1.82) is 5.26 Å². The lowest BCUT2D eigenvalue weighted by atomic mass is 9.96. The molecule has 0 atom stereocenters. The molecule has 2 amide bonds. The van der Waals surface area contributed by atoms with Crippen LogP contribution in [0.2, 0.25) is 0 Å². The number of benzene rings is 3. The number of thiazole rings is 1. The summed E-state index contributed by atoms with van der Waals surface area (Å²) in [7, 11) is 0. The van der Waals surface area contributed by atoms with Crippen LogP contribution in [-0.2, 0) is 10.2 Å². The molecule has 0 spiro atoms. The summed E-state index contributed by atoms with van der Waals surface area (Å²) >= 11 is 6.87. The SMILES string of the molecule is Cc1ccc(Oc2ccc3nc(NC(=O)CCl)sc3c2)cc1NC(=O)c1cccc(C2(C#N)CC2)c1. The number of rotatable bonds is 7. The molecule has 36 heavy (non-hydrogen) atoms. The number of aromatic nitrogens is 1. The van der Waals surface area contributed by atoms with Crippen molar-refractivity contribution in [3.8, 4) is 17.6 Å². The minimum atomic E-state index is -0.449. The van der Waals surface area contributed by atoms with Crippen LogP contribution in [0.25, 0.3) is 10.2 Å². The average molecular weight is 517 g/mol. The van der Waals surface area contributed by atoms with E-state index in [1.807, 2.05) is 43.3 Å². The second-order valence-corrected chi connectivity index (χ2v) is 9.94. The summed E-state index contributed by atoms with van der Waals surface area (Å²) in [5, 5.41) is 15.6. The van der Waals surface area contributed by atoms with Crippen LogP contribution in [0.1, 0.15) is 34.3 Å². The number of nitriles is 1. The zero-order valence-corrected chi connectivity index (χ0v) is 20.9. The van der Waals surface area contributed by atoms with Crippen LogP contribution < -0.4 is 15.4 Å². The summed E-state index contributed by atoms with van der Waals surface area (Å²) < 4.78 is 6.90. The smallest absolute Gasteiger partial charge is 0.255 e. The first-order valence-corrected chi connectivity index (χ1v) is 12.6. The van der Waals surface area contributed by atoms with Gasteiger partial charge in [-0.3, -0.25) is 9.59 Å². The molecule has 0 radical (unpaired) electrons. The normalized spacial score (nSPS) is 13.6. The number of halogens is 1. The molecule has 2 N–H and O–H groups in total. The van der Waals surface area contributed by atoms with Gasteiger partial charge in [-0.15, -0.1) is 11.6 Å². The maximum absolute atomic E-state index is 13.0. The van der Waals surface area contributed by atoms with Gasteiger partial charge in [0.1, 0.15) is 17.4 Å². The monoisotopic (exact) mass is 516 g/mol. The number of carbonyl (C=O) groups excluding carboxylic acids is 2. The molecule has 0 unspecified atom stereocenters. The zero-order valence-electron chi connectivity index (χ0n) is 19.3. The van der Waals surface area contributed by atoms with Gasteiger partial charge in [0.2, 0.25) is 5.91 Å². The fraction of sp³-hybridized carbons (Fsp3) is 0.185. The molecule has 1 aromatic heterocycles. The first kappa shape index (κ1) is 23.8. The van der Waals surface area contributed by atoms with Crippen molar-refractivity contribution in [2.45, 2.75) is 25.2 Å². The minimum Gasteiger partial charge on any atom is -0.457 e. The van der Waals surface area contributed by atoms with E-state index < -0.39 is 5.41 Å². The van der Waals surface area contributed by atoms with Crippen LogP contribution >= 0.6 is 22.9 Å². The number of anilines is 2. The Hall–Kier alpha value is -3.93. The number of aryl methyl sites for hydroxylation is 1. The maximum atomic E-state index is 13.0. The Morgan fingerprint density at radius 1 is 1.11 bits per heavy atom. The highest BCUT2D eigenvalue weighted by Gasteiger charge is 2.45. The lowest BCUT2D eigenvalue weighted by Gasteiger charge is -2.13. The third-order valence-electron chi connectivity index (χ3n) is 6.06. The molecule has 1 fully saturated rings. The number of ether oxygens (including phenoxy) is 1. The van der Waals surface area contributed by atoms with Gasteiger partial charge in [-0.1, -0.05) is 29.5 Å². The van der Waals surface area contributed by atoms with E-state index in [9.17, 15) is 14.9 Å². The molecule has 180 valence electrons. The number of hydrogen-bond acceptors (Lipinski definition) is 6. The van der Waals surface area contributed by atoms with Gasteiger partial charge in [0.25, 0.3) is 5.91 Å². The van der Waals surface area contributed by atoms with Crippen LogP contribution in [-0.4, -0.2) is 22.7 Å². The van der Waals surface area contributed by atoms with Gasteiger partial charge in [0.15, 0.2) is 5.13 Å². The van der Waals surface area contributed by atoms with Crippen LogP contribution in [0.5, 0.6) is 11.5 Å². The van der Waals surface area contributed by atoms with Crippen LogP contribution in [0.15, 0.2) is 60.7 Å². The number of carbonyl (C=O) groups is 2. The Balaban J connectivity index is 1.32. The van der Waals surface area contributed by atoms with Crippen molar-refractivity contribution < 1.29 is 14.3 Å². The predicted octanol–water partition coefficient (Wildman–Crippen LogP) is 6.38. The molecule has 0 aliphatic heterocycles. The van der Waals surface area contributed by atoms with E-state index in [0.29, 0.717) is 27.9 Å². The molecular formula is C27H21ClN4O3S. The van der Waals surface area contributed by atoms with Crippen molar-refractivity contribution in [3.63, 3.8) is 0 Å². The standard InChI is InChI=1S/C27H21ClN4O3S/c1-16-5-6-19(35-20-7-8-21-23(13-20)36-26(31-21)32-24(33)14-28)12-22(16)30-25(34)17-3-2-4-18(11-17)27(15-29)9-10-27/h2-8,11-13H,9-10,14H2,1H3,(H,30,34)(H,31,32,33). The Labute approximate surface area is 216 Å². The van der Waals surface area contributed by atoms with E-state index in [1.54, 1.807) is 24.3 Å². The summed E-state index contributed by atoms with van der Waals surface area (Å²) in [6.45, 7) is 1.91. The van der Waals surface area contributed by atoms with E-state index >= 15 is 0 Å². The fourth-order valence-electron chi connectivity index (χ4n) is 3.85. The molecule has 1 aliphatic carbocycles. The Morgan fingerprint density at radius 3 is 2.64 bits per heavy atom. The lowest BCUT2D eigenvalue weighted by Crippen LogP contribution is -2.14.